The van der Waals surface area contributed by atoms with Crippen molar-refractivity contribution in [1.82, 2.24) is 0 Å². The van der Waals surface area contributed by atoms with E-state index in [0.717, 1.165) is 33.4 Å². The Labute approximate surface area is 398 Å². The number of ether oxygens (including phenoxy) is 10. The number of hydrogen-bond donors (Lipinski definition) is 0. The molecule has 2 fully saturated rings. The van der Waals surface area contributed by atoms with E-state index < -0.39 is 61.3 Å². The molecule has 6 aromatic carbocycles. The molecule has 13 heteroatoms. The minimum Gasteiger partial charge on any atom is -0.374 e. The molecule has 0 saturated carbocycles. The van der Waals surface area contributed by atoms with Gasteiger partial charge in [0.1, 0.15) is 48.8 Å². The summed E-state index contributed by atoms with van der Waals surface area (Å²) in [5.41, 5.74) is 16.1. The van der Waals surface area contributed by atoms with Crippen LogP contribution in [-0.4, -0.2) is 81.7 Å². The fraction of sp³-hybridized carbons (Fsp3) is 0.345. The van der Waals surface area contributed by atoms with Crippen LogP contribution in [0.4, 0.5) is 0 Å². The molecule has 0 radical (unpaired) electrons. The number of benzene rings is 6. The molecule has 2 aliphatic heterocycles. The zero-order chi connectivity index (χ0) is 46.6. The Kier molecular flexibility index (Phi) is 18.7. The topological polar surface area (TPSA) is 141 Å². The second-order valence-corrected chi connectivity index (χ2v) is 16.7. The first kappa shape index (κ1) is 48.7. The van der Waals surface area contributed by atoms with Crippen molar-refractivity contribution in [2.75, 3.05) is 20.3 Å². The Hall–Kier alpha value is -5.77. The van der Waals surface area contributed by atoms with E-state index in [1.807, 2.05) is 182 Å². The van der Waals surface area contributed by atoms with Crippen LogP contribution < -0.4 is 0 Å². The predicted molar refractivity (Wildman–Crippen MR) is 254 cm³/mol. The van der Waals surface area contributed by atoms with Crippen LogP contribution in [0, 0.1) is 0 Å². The summed E-state index contributed by atoms with van der Waals surface area (Å²) in [5, 5.41) is 4.39. The molecule has 354 valence electrons. The van der Waals surface area contributed by atoms with Gasteiger partial charge in [0.25, 0.3) is 0 Å². The first-order valence-electron chi connectivity index (χ1n) is 23.0. The molecule has 0 amide bonds. The molecule has 0 aromatic heterocycles. The van der Waals surface area contributed by atoms with Gasteiger partial charge in [-0.1, -0.05) is 187 Å². The van der Waals surface area contributed by atoms with E-state index in [2.05, 4.69) is 10.0 Å². The normalized spacial score (nSPS) is 24.8. The first-order chi connectivity index (χ1) is 33.6. The van der Waals surface area contributed by atoms with Gasteiger partial charge in [0, 0.05) is 12.0 Å². The van der Waals surface area contributed by atoms with Crippen LogP contribution in [-0.2, 0) is 87.0 Å². The van der Waals surface area contributed by atoms with Crippen molar-refractivity contribution < 1.29 is 47.4 Å². The molecule has 6 aromatic rings. The molecule has 0 unspecified atom stereocenters. The SMILES string of the molecule is CO[C@H]1O[C@H](COCc2ccccc2)[C@@H](OCc2ccccc2)[C@H](O[C@@H]2O[C@H](COCc3ccccc3)[C@@H](OCc3ccccc3)[C@H](OCc3ccccc3)[C@H]2N=[N+]=[N-])[C@H]1OCc1ccccc1. The van der Waals surface area contributed by atoms with E-state index in [1.165, 1.54) is 0 Å². The second kappa shape index (κ2) is 26.1. The minimum absolute atomic E-state index is 0.0920. The molecular weight excluding hydrogens is 863 g/mol. The minimum atomic E-state index is -1.23. The monoisotopic (exact) mass is 921 g/mol. The van der Waals surface area contributed by atoms with Crippen molar-refractivity contribution in [3.63, 3.8) is 0 Å². The highest BCUT2D eigenvalue weighted by molar-refractivity contribution is 5.18. The lowest BCUT2D eigenvalue weighted by Crippen LogP contribution is -2.66. The highest BCUT2D eigenvalue weighted by Gasteiger charge is 2.54. The molecule has 0 bridgehead atoms. The summed E-state index contributed by atoms with van der Waals surface area (Å²) in [6.45, 7) is 1.71. The van der Waals surface area contributed by atoms with E-state index in [9.17, 15) is 5.53 Å². The van der Waals surface area contributed by atoms with Crippen molar-refractivity contribution >= 4 is 0 Å². The van der Waals surface area contributed by atoms with E-state index in [1.54, 1.807) is 7.11 Å². The summed E-state index contributed by atoms with van der Waals surface area (Å²) < 4.78 is 67.1. The Balaban J connectivity index is 1.16. The fourth-order valence-corrected chi connectivity index (χ4v) is 8.40. The van der Waals surface area contributed by atoms with E-state index >= 15 is 0 Å². The van der Waals surface area contributed by atoms with Gasteiger partial charge in [0.05, 0.1) is 52.9 Å². The molecule has 10 atom stereocenters. The van der Waals surface area contributed by atoms with Gasteiger partial charge in [-0.25, -0.2) is 0 Å². The first-order valence-corrected chi connectivity index (χ1v) is 23.0. The zero-order valence-corrected chi connectivity index (χ0v) is 38.2. The number of methoxy groups -OCH3 is 1. The summed E-state index contributed by atoms with van der Waals surface area (Å²) in [7, 11) is 1.57. The molecule has 68 heavy (non-hydrogen) atoms. The third kappa shape index (κ3) is 13.9. The van der Waals surface area contributed by atoms with E-state index in [0.29, 0.717) is 13.2 Å². The number of azide groups is 1. The van der Waals surface area contributed by atoms with Crippen molar-refractivity contribution in [3.8, 4) is 0 Å². The maximum absolute atomic E-state index is 10.3. The fourth-order valence-electron chi connectivity index (χ4n) is 8.40. The number of hydrogen-bond acceptors (Lipinski definition) is 11. The van der Waals surface area contributed by atoms with Crippen LogP contribution in [0.3, 0.4) is 0 Å². The van der Waals surface area contributed by atoms with Crippen LogP contribution in [0.2, 0.25) is 0 Å². The van der Waals surface area contributed by atoms with Gasteiger partial charge < -0.3 is 47.4 Å². The summed E-state index contributed by atoms with van der Waals surface area (Å²) in [6.07, 6.45) is -7.97. The lowest BCUT2D eigenvalue weighted by atomic mass is 9.95. The average molecular weight is 922 g/mol. The standard InChI is InChI=1S/C55H59N3O10/c1-59-55-53(65-37-45-30-18-7-19-31-45)52(50(63-35-43-26-14-5-15-27-43)47(67-55)39-61-33-41-22-10-3-11-23-41)68-54-48(57-58-56)51(64-36-44-28-16-6-17-29-44)49(62-34-42-24-12-4-13-25-42)46(66-54)38-60-32-40-20-8-2-9-21-40/h2-31,46-55H,32-39H2,1H3/t46-,47-,48-,49-,50-,51-,52+,53-,54+,55+/m1/s1. The van der Waals surface area contributed by atoms with Gasteiger partial charge >= 0.3 is 0 Å². The molecule has 2 aliphatic rings. The summed E-state index contributed by atoms with van der Waals surface area (Å²) >= 11 is 0. The molecule has 0 aliphatic carbocycles. The van der Waals surface area contributed by atoms with E-state index in [-0.39, 0.29) is 39.6 Å². The van der Waals surface area contributed by atoms with Crippen LogP contribution >= 0.6 is 0 Å². The largest absolute Gasteiger partial charge is 0.374 e. The van der Waals surface area contributed by atoms with Crippen molar-refractivity contribution in [2.45, 2.75) is 101 Å². The molecule has 0 N–H and O–H groups in total. The Morgan fingerprint density at radius 3 is 1.10 bits per heavy atom. The quantitative estimate of drug-likeness (QED) is 0.0327. The van der Waals surface area contributed by atoms with Crippen LogP contribution in [0.1, 0.15) is 33.4 Å². The van der Waals surface area contributed by atoms with Crippen molar-refractivity contribution in [1.29, 1.82) is 0 Å². The highest BCUT2D eigenvalue weighted by Crippen LogP contribution is 2.37. The molecule has 13 nitrogen and oxygen atoms in total. The third-order valence-corrected chi connectivity index (χ3v) is 11.8. The third-order valence-electron chi connectivity index (χ3n) is 11.8. The smallest absolute Gasteiger partial charge is 0.186 e. The lowest BCUT2D eigenvalue weighted by molar-refractivity contribution is -0.359. The number of nitrogens with zero attached hydrogens (tertiary/aromatic N) is 3. The Morgan fingerprint density at radius 1 is 0.412 bits per heavy atom. The predicted octanol–water partition coefficient (Wildman–Crippen LogP) is 9.92. The van der Waals surface area contributed by atoms with Gasteiger partial charge in [0.2, 0.25) is 0 Å². The molecule has 8 rings (SSSR count). The highest BCUT2D eigenvalue weighted by atomic mass is 16.7. The lowest BCUT2D eigenvalue weighted by Gasteiger charge is -2.49. The molecule has 0 spiro atoms. The maximum Gasteiger partial charge on any atom is 0.186 e. The van der Waals surface area contributed by atoms with E-state index in [4.69, 9.17) is 47.4 Å². The van der Waals surface area contributed by atoms with Gasteiger partial charge in [-0.2, -0.15) is 0 Å². The van der Waals surface area contributed by atoms with Gasteiger partial charge in [-0.05, 0) is 38.9 Å². The second-order valence-electron chi connectivity index (χ2n) is 16.7. The summed E-state index contributed by atoms with van der Waals surface area (Å²) in [6, 6.07) is 58.1. The molecular formula is C55H59N3O10. The van der Waals surface area contributed by atoms with Gasteiger partial charge in [0.15, 0.2) is 12.6 Å². The Morgan fingerprint density at radius 2 is 0.735 bits per heavy atom. The number of rotatable bonds is 24. The van der Waals surface area contributed by atoms with Crippen LogP contribution in [0.25, 0.3) is 10.4 Å². The molecule has 2 saturated heterocycles. The summed E-state index contributed by atoms with van der Waals surface area (Å²) in [5.74, 6) is 0. The average Bonchev–Trinajstić information content (AvgIpc) is 3.39. The zero-order valence-electron chi connectivity index (χ0n) is 38.2. The van der Waals surface area contributed by atoms with Crippen molar-refractivity contribution in [2.24, 2.45) is 5.11 Å². The summed E-state index contributed by atoms with van der Waals surface area (Å²) in [4.78, 5) is 3.36. The Bertz CT molecular complexity index is 2370. The van der Waals surface area contributed by atoms with Crippen molar-refractivity contribution in [3.05, 3.63) is 226 Å². The van der Waals surface area contributed by atoms with Crippen LogP contribution in [0.15, 0.2) is 187 Å². The van der Waals surface area contributed by atoms with Gasteiger partial charge in [-0.3, -0.25) is 0 Å². The van der Waals surface area contributed by atoms with Gasteiger partial charge in [-0.15, -0.1) is 0 Å². The molecule has 2 heterocycles. The van der Waals surface area contributed by atoms with Crippen LogP contribution in [0.5, 0.6) is 0 Å². The maximum atomic E-state index is 10.3.